The summed E-state index contributed by atoms with van der Waals surface area (Å²) in [6.07, 6.45) is 6.04. The number of hydrogen-bond acceptors (Lipinski definition) is 7. The Morgan fingerprint density at radius 2 is 1.79 bits per heavy atom. The van der Waals surface area contributed by atoms with Gasteiger partial charge in [0.2, 0.25) is 17.7 Å². The van der Waals surface area contributed by atoms with Crippen LogP contribution < -0.4 is 16.0 Å². The summed E-state index contributed by atoms with van der Waals surface area (Å²) in [5.74, 6) is 0.109. The van der Waals surface area contributed by atoms with Crippen LogP contribution in [0.1, 0.15) is 75.8 Å². The van der Waals surface area contributed by atoms with Crippen molar-refractivity contribution in [1.29, 1.82) is 0 Å². The van der Waals surface area contributed by atoms with Crippen LogP contribution in [0, 0.1) is 5.92 Å². The molecule has 3 amide bonds. The lowest BCUT2D eigenvalue weighted by molar-refractivity contribution is -0.129. The number of amides is 3. The second-order valence-electron chi connectivity index (χ2n) is 12.6. The summed E-state index contributed by atoms with van der Waals surface area (Å²) in [4.78, 5) is 48.6. The summed E-state index contributed by atoms with van der Waals surface area (Å²) in [6, 6.07) is 5.33. The zero-order valence-electron chi connectivity index (χ0n) is 26.4. The first-order valence-electron chi connectivity index (χ1n) is 16.0. The van der Waals surface area contributed by atoms with Crippen molar-refractivity contribution >= 4 is 39.3 Å². The van der Waals surface area contributed by atoms with Gasteiger partial charge in [-0.1, -0.05) is 52.7 Å². The van der Waals surface area contributed by atoms with E-state index in [1.165, 1.54) is 12.0 Å². The van der Waals surface area contributed by atoms with Crippen molar-refractivity contribution in [3.05, 3.63) is 40.9 Å². The molecule has 1 aromatic heterocycles. The molecule has 2 aromatic rings. The number of aromatic nitrogens is 1. The van der Waals surface area contributed by atoms with Gasteiger partial charge in [-0.25, -0.2) is 4.98 Å². The molecule has 1 aliphatic carbocycles. The van der Waals surface area contributed by atoms with Crippen molar-refractivity contribution in [2.24, 2.45) is 5.92 Å². The van der Waals surface area contributed by atoms with E-state index in [9.17, 15) is 14.4 Å². The van der Waals surface area contributed by atoms with E-state index in [2.05, 4.69) is 65.4 Å². The first-order chi connectivity index (χ1) is 20.6. The number of rotatable bonds is 13. The van der Waals surface area contributed by atoms with Crippen LogP contribution in [0.5, 0.6) is 0 Å². The minimum Gasteiger partial charge on any atom is -0.350 e. The molecule has 1 aromatic carbocycles. The third-order valence-corrected chi connectivity index (χ3v) is 9.88. The molecule has 3 N–H and O–H groups in total. The molecule has 0 spiro atoms. The first kappa shape index (κ1) is 33.1. The quantitative estimate of drug-likeness (QED) is 0.298. The number of nitrogens with zero attached hydrogens (tertiary/aromatic N) is 3. The van der Waals surface area contributed by atoms with Crippen molar-refractivity contribution < 1.29 is 14.4 Å². The monoisotopic (exact) mass is 610 g/mol. The van der Waals surface area contributed by atoms with Crippen LogP contribution in [0.3, 0.4) is 0 Å². The number of carbonyl (C=O) groups is 3. The molecule has 10 heteroatoms. The fourth-order valence-electron chi connectivity index (χ4n) is 5.95. The summed E-state index contributed by atoms with van der Waals surface area (Å²) in [5.41, 5.74) is 2.70. The van der Waals surface area contributed by atoms with Gasteiger partial charge < -0.3 is 20.9 Å². The average Bonchev–Trinajstić information content (AvgIpc) is 3.41. The van der Waals surface area contributed by atoms with Crippen molar-refractivity contribution in [2.45, 2.75) is 83.7 Å². The van der Waals surface area contributed by atoms with E-state index in [4.69, 9.17) is 4.98 Å². The molecule has 43 heavy (non-hydrogen) atoms. The summed E-state index contributed by atoms with van der Waals surface area (Å²) in [6.45, 7) is 14.9. The topological polar surface area (TPSA) is 107 Å². The highest BCUT2D eigenvalue weighted by molar-refractivity contribution is 7.18. The zero-order chi connectivity index (χ0) is 30.9. The number of nitrogens with one attached hydrogen (secondary N) is 3. The van der Waals surface area contributed by atoms with Gasteiger partial charge in [-0.2, -0.15) is 0 Å². The molecule has 1 saturated carbocycles. The lowest BCUT2D eigenvalue weighted by Crippen LogP contribution is -2.55. The fraction of sp³-hybridized carbons (Fsp3) is 0.636. The normalized spacial score (nSPS) is 18.3. The maximum absolute atomic E-state index is 13.8. The first-order valence-corrected chi connectivity index (χ1v) is 16.8. The zero-order valence-corrected chi connectivity index (χ0v) is 27.2. The third kappa shape index (κ3) is 9.58. The van der Waals surface area contributed by atoms with Gasteiger partial charge >= 0.3 is 0 Å². The van der Waals surface area contributed by atoms with Crippen molar-refractivity contribution in [1.82, 2.24) is 30.7 Å². The SMILES string of the molecule is C=C(CN1CCN(C)CC1)C(=O)NCC(NC(=O)C(Cc1nc2ccc(C(C)C)cc2s1)NC(=O)CC)C1CCCCC1. The van der Waals surface area contributed by atoms with Gasteiger partial charge in [0.05, 0.1) is 15.2 Å². The second-order valence-corrected chi connectivity index (χ2v) is 13.7. The van der Waals surface area contributed by atoms with Gasteiger partial charge in [-0.05, 0) is 49.4 Å². The number of hydrogen-bond donors (Lipinski definition) is 3. The highest BCUT2D eigenvalue weighted by Gasteiger charge is 2.30. The van der Waals surface area contributed by atoms with E-state index in [1.807, 2.05) is 6.07 Å². The Bertz CT molecular complexity index is 1260. The molecule has 0 radical (unpaired) electrons. The number of piperazine rings is 1. The maximum atomic E-state index is 13.8. The smallest absolute Gasteiger partial charge is 0.247 e. The van der Waals surface area contributed by atoms with Crippen LogP contribution in [-0.2, 0) is 20.8 Å². The molecule has 2 heterocycles. The van der Waals surface area contributed by atoms with Crippen molar-refractivity contribution in [3.63, 3.8) is 0 Å². The van der Waals surface area contributed by atoms with Crippen LogP contribution in [0.2, 0.25) is 0 Å². The Hall–Kier alpha value is -2.82. The Morgan fingerprint density at radius 3 is 2.47 bits per heavy atom. The number of thiazole rings is 1. The highest BCUT2D eigenvalue weighted by atomic mass is 32.1. The Kier molecular flexibility index (Phi) is 12.1. The van der Waals surface area contributed by atoms with Crippen molar-refractivity contribution in [2.75, 3.05) is 46.3 Å². The minimum absolute atomic E-state index is 0.167. The van der Waals surface area contributed by atoms with Crippen LogP contribution in [0.15, 0.2) is 30.4 Å². The van der Waals surface area contributed by atoms with E-state index >= 15 is 0 Å². The standard InChI is InChI=1S/C33H50N6O3S/c1-6-30(40)35-27(19-31-36-26-13-12-25(22(2)3)18-29(26)43-31)33(42)37-28(24-10-8-7-9-11-24)20-34-32(41)23(4)21-39-16-14-38(5)15-17-39/h12-13,18,22,24,27-28H,4,6-11,14-17,19-21H2,1-3,5H3,(H,34,41)(H,35,40)(H,37,42). The fourth-order valence-corrected chi connectivity index (χ4v) is 7.01. The largest absolute Gasteiger partial charge is 0.350 e. The van der Waals surface area contributed by atoms with Crippen LogP contribution >= 0.6 is 11.3 Å². The van der Waals surface area contributed by atoms with E-state index in [1.54, 1.807) is 18.3 Å². The maximum Gasteiger partial charge on any atom is 0.247 e. The van der Waals surface area contributed by atoms with Gasteiger partial charge in [0.15, 0.2) is 0 Å². The minimum atomic E-state index is -0.744. The Labute approximate surface area is 260 Å². The van der Waals surface area contributed by atoms with Crippen LogP contribution in [0.25, 0.3) is 10.2 Å². The molecule has 0 bridgehead atoms. The molecular formula is C33H50N6O3S. The predicted molar refractivity (Wildman–Crippen MR) is 174 cm³/mol. The second kappa shape index (κ2) is 15.8. The van der Waals surface area contributed by atoms with E-state index in [-0.39, 0.29) is 29.7 Å². The van der Waals surface area contributed by atoms with Gasteiger partial charge in [0, 0.05) is 63.7 Å². The number of fused-ring (bicyclic) bond motifs is 1. The summed E-state index contributed by atoms with van der Waals surface area (Å²) in [7, 11) is 2.11. The van der Waals surface area contributed by atoms with E-state index < -0.39 is 6.04 Å². The molecule has 2 atom stereocenters. The summed E-state index contributed by atoms with van der Waals surface area (Å²) < 4.78 is 1.08. The van der Waals surface area contributed by atoms with Crippen LogP contribution in [0.4, 0.5) is 0 Å². The lowest BCUT2D eigenvalue weighted by Gasteiger charge is -2.33. The lowest BCUT2D eigenvalue weighted by atomic mass is 9.83. The number of benzene rings is 1. The van der Waals surface area contributed by atoms with Gasteiger partial charge in [-0.3, -0.25) is 19.3 Å². The molecule has 1 saturated heterocycles. The van der Waals surface area contributed by atoms with Crippen molar-refractivity contribution in [3.8, 4) is 0 Å². The average molecular weight is 611 g/mol. The highest BCUT2D eigenvalue weighted by Crippen LogP contribution is 2.28. The predicted octanol–water partition coefficient (Wildman–Crippen LogP) is 3.84. The molecular weight excluding hydrogens is 560 g/mol. The summed E-state index contributed by atoms with van der Waals surface area (Å²) in [5, 5.41) is 10.1. The van der Waals surface area contributed by atoms with E-state index in [0.29, 0.717) is 37.4 Å². The Balaban J connectivity index is 1.43. The molecule has 236 valence electrons. The van der Waals surface area contributed by atoms with Crippen LogP contribution in [-0.4, -0.2) is 90.9 Å². The number of likely N-dealkylation sites (N-methyl/N-ethyl adjacent to an activating group) is 1. The molecule has 2 fully saturated rings. The van der Waals surface area contributed by atoms with Gasteiger partial charge in [0.1, 0.15) is 6.04 Å². The molecule has 1 aliphatic heterocycles. The van der Waals surface area contributed by atoms with Gasteiger partial charge in [0.25, 0.3) is 0 Å². The molecule has 2 unspecified atom stereocenters. The van der Waals surface area contributed by atoms with E-state index in [0.717, 1.165) is 67.1 Å². The Morgan fingerprint density at radius 1 is 1.07 bits per heavy atom. The molecule has 4 rings (SSSR count). The number of carbonyl (C=O) groups excluding carboxylic acids is 3. The third-order valence-electron chi connectivity index (χ3n) is 8.84. The van der Waals surface area contributed by atoms with Gasteiger partial charge in [-0.15, -0.1) is 11.3 Å². The molecule has 9 nitrogen and oxygen atoms in total. The molecule has 2 aliphatic rings. The summed E-state index contributed by atoms with van der Waals surface area (Å²) >= 11 is 1.57.